The molecule has 1 aliphatic carbocycles. The van der Waals surface area contributed by atoms with Crippen LogP contribution in [-0.2, 0) is 17.6 Å². The summed E-state index contributed by atoms with van der Waals surface area (Å²) in [4.78, 5) is 26.2. The molecule has 0 radical (unpaired) electrons. The molecule has 6 heteroatoms. The van der Waals surface area contributed by atoms with E-state index in [-0.39, 0.29) is 11.9 Å². The van der Waals surface area contributed by atoms with Gasteiger partial charge in [0, 0.05) is 4.88 Å². The van der Waals surface area contributed by atoms with Gasteiger partial charge in [0.25, 0.3) is 5.91 Å². The van der Waals surface area contributed by atoms with E-state index < -0.39 is 11.9 Å². The highest BCUT2D eigenvalue weighted by atomic mass is 32.1. The molecular weight excluding hydrogens is 394 g/mol. The van der Waals surface area contributed by atoms with Gasteiger partial charge in [0.1, 0.15) is 5.00 Å². The molecule has 1 unspecified atom stereocenters. The molecule has 0 fully saturated rings. The third-order valence-corrected chi connectivity index (χ3v) is 6.69. The van der Waals surface area contributed by atoms with Gasteiger partial charge in [0.15, 0.2) is 0 Å². The van der Waals surface area contributed by atoms with Crippen molar-refractivity contribution in [2.24, 2.45) is 5.73 Å². The van der Waals surface area contributed by atoms with Gasteiger partial charge in [0.05, 0.1) is 17.6 Å². The number of fused-ring (bicyclic) bond motifs is 1. The van der Waals surface area contributed by atoms with E-state index in [2.05, 4.69) is 10.6 Å². The van der Waals surface area contributed by atoms with Crippen molar-refractivity contribution in [1.29, 1.82) is 0 Å². The molecule has 30 heavy (non-hydrogen) atoms. The minimum atomic E-state index is -0.479. The number of aryl methyl sites for hydroxylation is 1. The van der Waals surface area contributed by atoms with Crippen molar-refractivity contribution in [3.8, 4) is 0 Å². The van der Waals surface area contributed by atoms with E-state index in [1.54, 1.807) is 0 Å². The average Bonchev–Trinajstić information content (AvgIpc) is 3.33. The van der Waals surface area contributed by atoms with Crippen LogP contribution in [0, 0.1) is 0 Å². The number of anilines is 1. The highest BCUT2D eigenvalue weighted by Gasteiger charge is 2.28. The van der Waals surface area contributed by atoms with Gasteiger partial charge in [-0.25, -0.2) is 0 Å². The zero-order valence-electron chi connectivity index (χ0n) is 16.9. The van der Waals surface area contributed by atoms with E-state index in [1.807, 2.05) is 67.6 Å². The highest BCUT2D eigenvalue weighted by Crippen LogP contribution is 2.38. The van der Waals surface area contributed by atoms with Crippen LogP contribution in [0.4, 0.5) is 5.00 Å². The minimum absolute atomic E-state index is 0.128. The molecule has 0 saturated heterocycles. The molecule has 2 aromatic carbocycles. The maximum atomic E-state index is 13.0. The Balaban J connectivity index is 1.54. The fourth-order valence-corrected chi connectivity index (χ4v) is 5.27. The molecule has 2 amide bonds. The monoisotopic (exact) mass is 419 g/mol. The average molecular weight is 420 g/mol. The zero-order chi connectivity index (χ0) is 21.1. The second-order valence-corrected chi connectivity index (χ2v) is 8.66. The van der Waals surface area contributed by atoms with E-state index in [0.717, 1.165) is 40.8 Å². The summed E-state index contributed by atoms with van der Waals surface area (Å²) in [5.74, 6) is -0.661. The Morgan fingerprint density at radius 1 is 0.967 bits per heavy atom. The summed E-state index contributed by atoms with van der Waals surface area (Å²) in [5.41, 5.74) is 9.27. The van der Waals surface area contributed by atoms with Crippen molar-refractivity contribution in [2.75, 3.05) is 5.32 Å². The predicted octanol–water partition coefficient (Wildman–Crippen LogP) is 4.04. The third kappa shape index (κ3) is 4.15. The van der Waals surface area contributed by atoms with Gasteiger partial charge in [-0.15, -0.1) is 11.3 Å². The second-order valence-electron chi connectivity index (χ2n) is 7.56. The Morgan fingerprint density at radius 3 is 2.13 bits per heavy atom. The number of benzene rings is 2. The Kier molecular flexibility index (Phi) is 5.97. The lowest BCUT2D eigenvalue weighted by molar-refractivity contribution is -0.117. The smallest absolute Gasteiger partial charge is 0.251 e. The van der Waals surface area contributed by atoms with E-state index in [1.165, 1.54) is 11.3 Å². The molecule has 1 aliphatic rings. The van der Waals surface area contributed by atoms with Crippen molar-refractivity contribution in [3.63, 3.8) is 0 Å². The van der Waals surface area contributed by atoms with E-state index >= 15 is 0 Å². The van der Waals surface area contributed by atoms with Crippen molar-refractivity contribution >= 4 is 28.2 Å². The summed E-state index contributed by atoms with van der Waals surface area (Å²) < 4.78 is 0. The van der Waals surface area contributed by atoms with Gasteiger partial charge in [-0.2, -0.15) is 0 Å². The Bertz CT molecular complexity index is 1010. The molecule has 4 rings (SSSR count). The molecule has 0 aliphatic heterocycles. The Labute approximate surface area is 180 Å². The summed E-state index contributed by atoms with van der Waals surface area (Å²) in [6, 6.07) is 19.5. The standard InChI is InChI=1S/C24H25N3O2S/c1-15(23(29)27-24-20(22(25)28)18-13-8-14-19(18)30-24)26-21(16-9-4-2-5-10-16)17-11-6-3-7-12-17/h2-7,9-12,15,21,26H,8,13-14H2,1H3,(H2,25,28)(H,27,29). The maximum absolute atomic E-state index is 13.0. The molecule has 4 N–H and O–H groups in total. The molecule has 154 valence electrons. The van der Waals surface area contributed by atoms with Gasteiger partial charge in [0.2, 0.25) is 5.91 Å². The van der Waals surface area contributed by atoms with Crippen LogP contribution < -0.4 is 16.4 Å². The third-order valence-electron chi connectivity index (χ3n) is 5.48. The summed E-state index contributed by atoms with van der Waals surface area (Å²) in [6.07, 6.45) is 2.81. The largest absolute Gasteiger partial charge is 0.365 e. The first-order valence-electron chi connectivity index (χ1n) is 10.2. The SMILES string of the molecule is CC(NC(c1ccccc1)c1ccccc1)C(=O)Nc1sc2c(c1C(N)=O)CCC2. The quantitative estimate of drug-likeness (QED) is 0.540. The minimum Gasteiger partial charge on any atom is -0.365 e. The number of carbonyl (C=O) groups is 2. The summed E-state index contributed by atoms with van der Waals surface area (Å²) in [7, 11) is 0. The lowest BCUT2D eigenvalue weighted by atomic mass is 9.98. The first-order chi connectivity index (χ1) is 14.5. The van der Waals surface area contributed by atoms with Gasteiger partial charge in [-0.05, 0) is 42.9 Å². The van der Waals surface area contributed by atoms with Crippen molar-refractivity contribution in [1.82, 2.24) is 5.32 Å². The molecule has 0 bridgehead atoms. The number of primary amides is 1. The summed E-state index contributed by atoms with van der Waals surface area (Å²) in [5, 5.41) is 6.96. The molecule has 1 aromatic heterocycles. The lowest BCUT2D eigenvalue weighted by Gasteiger charge is -2.24. The lowest BCUT2D eigenvalue weighted by Crippen LogP contribution is -2.40. The molecule has 1 heterocycles. The number of nitrogens with two attached hydrogens (primary N) is 1. The van der Waals surface area contributed by atoms with Crippen LogP contribution in [0.5, 0.6) is 0 Å². The van der Waals surface area contributed by atoms with Crippen molar-refractivity contribution < 1.29 is 9.59 Å². The number of hydrogen-bond donors (Lipinski definition) is 3. The van der Waals surface area contributed by atoms with E-state index in [9.17, 15) is 9.59 Å². The van der Waals surface area contributed by atoms with Crippen LogP contribution in [0.2, 0.25) is 0 Å². The molecule has 0 saturated carbocycles. The summed E-state index contributed by atoms with van der Waals surface area (Å²) in [6.45, 7) is 1.83. The molecule has 1 atom stereocenters. The first kappa shape index (κ1) is 20.3. The predicted molar refractivity (Wildman–Crippen MR) is 121 cm³/mol. The Hall–Kier alpha value is -2.96. The molecular formula is C24H25N3O2S. The molecule has 3 aromatic rings. The van der Waals surface area contributed by atoms with Gasteiger partial charge >= 0.3 is 0 Å². The van der Waals surface area contributed by atoms with E-state index in [0.29, 0.717) is 10.6 Å². The number of hydrogen-bond acceptors (Lipinski definition) is 4. The fraction of sp³-hybridized carbons (Fsp3) is 0.250. The van der Waals surface area contributed by atoms with E-state index in [4.69, 9.17) is 5.73 Å². The number of amides is 2. The van der Waals surface area contributed by atoms with Crippen LogP contribution in [0.25, 0.3) is 0 Å². The first-order valence-corrected chi connectivity index (χ1v) is 11.0. The Morgan fingerprint density at radius 2 is 1.57 bits per heavy atom. The van der Waals surface area contributed by atoms with Crippen molar-refractivity contribution in [2.45, 2.75) is 38.3 Å². The normalized spacial score (nSPS) is 13.8. The topological polar surface area (TPSA) is 84.2 Å². The van der Waals surface area contributed by atoms with Crippen LogP contribution in [-0.4, -0.2) is 17.9 Å². The zero-order valence-corrected chi connectivity index (χ0v) is 17.7. The summed E-state index contributed by atoms with van der Waals surface area (Å²) >= 11 is 1.47. The molecule has 5 nitrogen and oxygen atoms in total. The fourth-order valence-electron chi connectivity index (χ4n) is 3.97. The van der Waals surface area contributed by atoms with Gasteiger partial charge in [-0.1, -0.05) is 60.7 Å². The maximum Gasteiger partial charge on any atom is 0.251 e. The van der Waals surface area contributed by atoms with Crippen LogP contribution in [0.15, 0.2) is 60.7 Å². The van der Waals surface area contributed by atoms with Gasteiger partial charge in [-0.3, -0.25) is 14.9 Å². The van der Waals surface area contributed by atoms with Gasteiger partial charge < -0.3 is 11.1 Å². The van der Waals surface area contributed by atoms with Crippen LogP contribution in [0.3, 0.4) is 0 Å². The number of thiophene rings is 1. The van der Waals surface area contributed by atoms with Crippen LogP contribution >= 0.6 is 11.3 Å². The number of rotatable bonds is 7. The number of carbonyl (C=O) groups excluding carboxylic acids is 2. The second kappa shape index (κ2) is 8.81. The highest BCUT2D eigenvalue weighted by molar-refractivity contribution is 7.17. The van der Waals surface area contributed by atoms with Crippen LogP contribution in [0.1, 0.15) is 51.3 Å². The number of nitrogens with one attached hydrogen (secondary N) is 2. The molecule has 0 spiro atoms. The van der Waals surface area contributed by atoms with Crippen molar-refractivity contribution in [3.05, 3.63) is 87.8 Å².